The van der Waals surface area contributed by atoms with Gasteiger partial charge in [0.05, 0.1) is 5.56 Å². The topological polar surface area (TPSA) is 79.0 Å². The Hall–Kier alpha value is -2.37. The Labute approximate surface area is 190 Å². The molecule has 178 valence electrons. The second-order valence-corrected chi connectivity index (χ2v) is 6.52. The molecule has 0 bridgehead atoms. The minimum atomic E-state index is -0.139. The van der Waals surface area contributed by atoms with Gasteiger partial charge in [-0.1, -0.05) is 67.9 Å². The van der Waals surface area contributed by atoms with E-state index in [4.69, 9.17) is 4.42 Å². The van der Waals surface area contributed by atoms with Gasteiger partial charge >= 0.3 is 0 Å². The van der Waals surface area contributed by atoms with Crippen LogP contribution < -0.4 is 10.6 Å². The maximum absolute atomic E-state index is 12.2. The van der Waals surface area contributed by atoms with E-state index >= 15 is 0 Å². The quantitative estimate of drug-likeness (QED) is 0.349. The van der Waals surface area contributed by atoms with Gasteiger partial charge in [-0.3, -0.25) is 9.79 Å². The molecule has 6 nitrogen and oxygen atoms in total. The van der Waals surface area contributed by atoms with E-state index in [1.54, 1.807) is 19.2 Å². The molecule has 1 rings (SSSR count). The van der Waals surface area contributed by atoms with E-state index in [0.29, 0.717) is 47.6 Å². The van der Waals surface area contributed by atoms with Gasteiger partial charge in [-0.25, -0.2) is 4.99 Å². The number of hydrogen-bond acceptors (Lipinski definition) is 3. The largest absolute Gasteiger partial charge is 0.459 e. The van der Waals surface area contributed by atoms with Crippen molar-refractivity contribution in [3.05, 3.63) is 35.8 Å². The molecule has 0 saturated carbocycles. The first-order chi connectivity index (χ1) is 15.0. The van der Waals surface area contributed by atoms with Crippen molar-refractivity contribution >= 4 is 17.6 Å². The first-order valence-electron chi connectivity index (χ1n) is 11.8. The van der Waals surface area contributed by atoms with Gasteiger partial charge in [-0.05, 0) is 31.4 Å². The third kappa shape index (κ3) is 11.6. The van der Waals surface area contributed by atoms with E-state index < -0.39 is 0 Å². The van der Waals surface area contributed by atoms with Crippen LogP contribution in [0.1, 0.15) is 96.5 Å². The van der Waals surface area contributed by atoms with Gasteiger partial charge < -0.3 is 15.1 Å². The van der Waals surface area contributed by atoms with Crippen LogP contribution in [0.15, 0.2) is 33.1 Å². The first-order valence-corrected chi connectivity index (χ1v) is 11.8. The van der Waals surface area contributed by atoms with Crippen molar-refractivity contribution in [1.82, 2.24) is 10.6 Å². The van der Waals surface area contributed by atoms with Gasteiger partial charge in [0.15, 0.2) is 5.76 Å². The Bertz CT molecular complexity index is 675. The Morgan fingerprint density at radius 1 is 1.16 bits per heavy atom. The number of furan rings is 1. The molecule has 6 heteroatoms. The summed E-state index contributed by atoms with van der Waals surface area (Å²) in [5, 5.41) is 6.07. The zero-order valence-electron chi connectivity index (χ0n) is 21.4. The van der Waals surface area contributed by atoms with E-state index in [1.807, 2.05) is 41.5 Å². The van der Waals surface area contributed by atoms with Crippen molar-refractivity contribution in [3.8, 4) is 0 Å². The maximum Gasteiger partial charge on any atom is 0.254 e. The molecule has 1 unspecified atom stereocenters. The minimum absolute atomic E-state index is 0.139. The monoisotopic (exact) mass is 434 g/mol. The number of carbonyl (C=O) groups excluding carboxylic acids is 1. The maximum atomic E-state index is 12.2. The van der Waals surface area contributed by atoms with Gasteiger partial charge in [0.25, 0.3) is 5.91 Å². The molecule has 0 saturated heterocycles. The lowest BCUT2D eigenvalue weighted by Gasteiger charge is -2.11. The molecule has 0 aliphatic heterocycles. The van der Waals surface area contributed by atoms with Crippen LogP contribution in [-0.2, 0) is 6.42 Å². The van der Waals surface area contributed by atoms with Crippen LogP contribution in [0.5, 0.6) is 0 Å². The molecule has 2 N–H and O–H groups in total. The zero-order valence-corrected chi connectivity index (χ0v) is 21.4. The Morgan fingerprint density at radius 2 is 1.81 bits per heavy atom. The lowest BCUT2D eigenvalue weighted by Crippen LogP contribution is -2.25. The van der Waals surface area contributed by atoms with Crippen LogP contribution in [-0.4, -0.2) is 37.7 Å². The van der Waals surface area contributed by atoms with Gasteiger partial charge in [-0.2, -0.15) is 0 Å². The molecule has 31 heavy (non-hydrogen) atoms. The van der Waals surface area contributed by atoms with E-state index in [0.717, 1.165) is 13.0 Å². The Kier molecular flexibility index (Phi) is 19.5. The fraction of sp³-hybridized carbons (Fsp3) is 0.640. The van der Waals surface area contributed by atoms with Crippen LogP contribution in [0.25, 0.3) is 0 Å². The summed E-state index contributed by atoms with van der Waals surface area (Å²) in [7, 11) is 1.70. The van der Waals surface area contributed by atoms with Crippen LogP contribution in [0.3, 0.4) is 0 Å². The lowest BCUT2D eigenvalue weighted by molar-refractivity contribution is 0.0954. The molecule has 0 radical (unpaired) electrons. The van der Waals surface area contributed by atoms with Gasteiger partial charge in [0, 0.05) is 26.6 Å². The van der Waals surface area contributed by atoms with E-state index in [-0.39, 0.29) is 5.91 Å². The average Bonchev–Trinajstić information content (AvgIpc) is 3.23. The number of amides is 1. The summed E-state index contributed by atoms with van der Waals surface area (Å²) < 4.78 is 5.86. The summed E-state index contributed by atoms with van der Waals surface area (Å²) in [5.74, 6) is 2.22. The lowest BCUT2D eigenvalue weighted by atomic mass is 10.0. The number of rotatable bonds is 10. The van der Waals surface area contributed by atoms with Gasteiger partial charge in [0.2, 0.25) is 5.96 Å². The Balaban J connectivity index is 0. The van der Waals surface area contributed by atoms with Crippen molar-refractivity contribution in [2.45, 2.75) is 81.1 Å². The van der Waals surface area contributed by atoms with Crippen LogP contribution in [0.2, 0.25) is 0 Å². The molecule has 1 amide bonds. The third-order valence-corrected chi connectivity index (χ3v) is 4.30. The molecule has 0 aromatic carbocycles. The van der Waals surface area contributed by atoms with E-state index in [9.17, 15) is 4.79 Å². The molecule has 1 aromatic rings. The molecule has 1 heterocycles. The molecule has 0 spiro atoms. The van der Waals surface area contributed by atoms with Gasteiger partial charge in [0.1, 0.15) is 11.5 Å². The smallest absolute Gasteiger partial charge is 0.254 e. The standard InChI is InChI=1S/C21H34N4O2.2C2H6/c1-7-11-15(5)12-13-24-21(22-6)25-17(8-2)19-14-16(18(9-3)27-19)20(26)23-10-4;2*1-2/h8,14-15H,2,7,9-13H2,1,3-6H3,(H,22,24)(H,23,26);2*1-2H3/b25-17+;;. The van der Waals surface area contributed by atoms with Crippen molar-refractivity contribution in [2.24, 2.45) is 15.9 Å². The second kappa shape index (κ2) is 19.6. The number of aryl methyl sites for hydroxylation is 1. The summed E-state index contributed by atoms with van der Waals surface area (Å²) in [6.07, 6.45) is 5.72. The second-order valence-electron chi connectivity index (χ2n) is 6.52. The number of guanidine groups is 1. The summed E-state index contributed by atoms with van der Waals surface area (Å²) in [5.41, 5.74) is 1.09. The molecule has 0 aliphatic carbocycles. The van der Waals surface area contributed by atoms with Crippen molar-refractivity contribution < 1.29 is 9.21 Å². The van der Waals surface area contributed by atoms with Crippen LogP contribution >= 0.6 is 0 Å². The van der Waals surface area contributed by atoms with Crippen LogP contribution in [0, 0.1) is 5.92 Å². The molecule has 1 aromatic heterocycles. The van der Waals surface area contributed by atoms with Crippen molar-refractivity contribution in [2.75, 3.05) is 20.1 Å². The Morgan fingerprint density at radius 3 is 2.29 bits per heavy atom. The number of allylic oxidation sites excluding steroid dienone is 1. The molecule has 0 aliphatic rings. The highest BCUT2D eigenvalue weighted by atomic mass is 16.3. The van der Waals surface area contributed by atoms with Crippen molar-refractivity contribution in [3.63, 3.8) is 0 Å². The normalized spacial score (nSPS) is 12.0. The predicted molar refractivity (Wildman–Crippen MR) is 136 cm³/mol. The number of nitrogens with one attached hydrogen (secondary N) is 2. The van der Waals surface area contributed by atoms with Gasteiger partial charge in [-0.15, -0.1) is 0 Å². The zero-order chi connectivity index (χ0) is 24.2. The number of hydrogen-bond donors (Lipinski definition) is 2. The number of aliphatic imine (C=N–C) groups is 2. The first kappa shape index (κ1) is 30.8. The third-order valence-electron chi connectivity index (χ3n) is 4.30. The number of nitrogens with zero attached hydrogens (tertiary/aromatic N) is 2. The van der Waals surface area contributed by atoms with E-state index in [1.165, 1.54) is 12.8 Å². The summed E-state index contributed by atoms with van der Waals surface area (Å²) in [4.78, 5) is 21.0. The summed E-state index contributed by atoms with van der Waals surface area (Å²) in [6, 6.07) is 1.72. The highest BCUT2D eigenvalue weighted by molar-refractivity contribution is 6.12. The SMILES string of the molecule is C=C/C(=N\C(=NC)NCCC(C)CCC)c1cc(C(=O)NCC)c(CC)o1.CC.CC. The summed E-state index contributed by atoms with van der Waals surface area (Å²) >= 11 is 0. The molecular weight excluding hydrogens is 388 g/mol. The highest BCUT2D eigenvalue weighted by Gasteiger charge is 2.18. The molecule has 0 fully saturated rings. The molecule has 1 atom stereocenters. The predicted octanol–water partition coefficient (Wildman–Crippen LogP) is 6.02. The average molecular weight is 435 g/mol. The van der Waals surface area contributed by atoms with Crippen molar-refractivity contribution in [1.29, 1.82) is 0 Å². The van der Waals surface area contributed by atoms with Crippen LogP contribution in [0.4, 0.5) is 0 Å². The van der Waals surface area contributed by atoms with E-state index in [2.05, 4.69) is 41.0 Å². The highest BCUT2D eigenvalue weighted by Crippen LogP contribution is 2.18. The number of carbonyl (C=O) groups is 1. The fourth-order valence-corrected chi connectivity index (χ4v) is 2.82. The fourth-order valence-electron chi connectivity index (χ4n) is 2.82. The molecular formula is C25H46N4O2. The summed E-state index contributed by atoms with van der Waals surface area (Å²) in [6.45, 7) is 21.5. The minimum Gasteiger partial charge on any atom is -0.459 e.